The number of imidazole rings is 1. The Balaban J connectivity index is 2.83. The van der Waals surface area contributed by atoms with E-state index in [1.54, 1.807) is 6.07 Å². The van der Waals surface area contributed by atoms with Gasteiger partial charge >= 0.3 is 0 Å². The fourth-order valence-corrected chi connectivity index (χ4v) is 1.40. The summed E-state index contributed by atoms with van der Waals surface area (Å²) in [6.45, 7) is 0. The summed E-state index contributed by atoms with van der Waals surface area (Å²) in [4.78, 5) is 5.52. The number of aromatic amines is 2. The molecule has 2 N–H and O–H groups in total. The largest absolute Gasteiger partial charge is 0.497 e. The molecule has 0 spiro atoms. The van der Waals surface area contributed by atoms with Gasteiger partial charge in [0.25, 0.3) is 0 Å². The van der Waals surface area contributed by atoms with E-state index in [0.29, 0.717) is 21.6 Å². The van der Waals surface area contributed by atoms with Crippen LogP contribution >= 0.6 is 12.2 Å². The fourth-order valence-electron chi connectivity index (χ4n) is 1.19. The minimum absolute atomic E-state index is 0.373. The molecule has 0 bridgehead atoms. The second kappa shape index (κ2) is 2.85. The number of rotatable bonds is 1. The molecule has 5 heteroatoms. The zero-order chi connectivity index (χ0) is 9.42. The van der Waals surface area contributed by atoms with Crippen LogP contribution in [-0.4, -0.2) is 17.1 Å². The molecule has 1 heterocycles. The average Bonchev–Trinajstić information content (AvgIpc) is 2.46. The fraction of sp³-hybridized carbons (Fsp3) is 0.125. The van der Waals surface area contributed by atoms with Crippen LogP contribution in [0.4, 0.5) is 4.39 Å². The molecule has 0 aliphatic carbocycles. The minimum atomic E-state index is -0.373. The van der Waals surface area contributed by atoms with Gasteiger partial charge in [-0.2, -0.15) is 0 Å². The Morgan fingerprint density at radius 3 is 2.85 bits per heavy atom. The first-order valence-corrected chi connectivity index (χ1v) is 4.07. The van der Waals surface area contributed by atoms with Gasteiger partial charge in [0.1, 0.15) is 11.3 Å². The molecule has 1 aromatic heterocycles. The molecule has 13 heavy (non-hydrogen) atoms. The number of nitrogens with one attached hydrogen (secondary N) is 2. The van der Waals surface area contributed by atoms with E-state index < -0.39 is 0 Å². The zero-order valence-corrected chi connectivity index (χ0v) is 7.67. The molecular weight excluding hydrogens is 191 g/mol. The van der Waals surface area contributed by atoms with E-state index in [0.717, 1.165) is 0 Å². The van der Waals surface area contributed by atoms with Crippen molar-refractivity contribution in [2.75, 3.05) is 7.11 Å². The molecule has 0 amide bonds. The van der Waals surface area contributed by atoms with Crippen molar-refractivity contribution in [3.63, 3.8) is 0 Å². The van der Waals surface area contributed by atoms with Crippen molar-refractivity contribution in [2.45, 2.75) is 0 Å². The number of hydrogen-bond acceptors (Lipinski definition) is 2. The first kappa shape index (κ1) is 8.25. The van der Waals surface area contributed by atoms with Gasteiger partial charge in [0, 0.05) is 12.1 Å². The lowest BCUT2D eigenvalue weighted by Crippen LogP contribution is -1.85. The number of fused-ring (bicyclic) bond motifs is 1. The van der Waals surface area contributed by atoms with Crippen molar-refractivity contribution in [3.05, 3.63) is 22.7 Å². The summed E-state index contributed by atoms with van der Waals surface area (Å²) in [6, 6.07) is 2.99. The highest BCUT2D eigenvalue weighted by atomic mass is 32.1. The van der Waals surface area contributed by atoms with E-state index in [2.05, 4.69) is 9.97 Å². The molecule has 0 saturated heterocycles. The summed E-state index contributed by atoms with van der Waals surface area (Å²) in [5, 5.41) is 0. The molecule has 0 aliphatic heterocycles. The molecule has 0 radical (unpaired) electrons. The van der Waals surface area contributed by atoms with E-state index in [1.807, 2.05) is 0 Å². The SMILES string of the molecule is COc1cc(F)c2[nH]c(=S)[nH]c2c1. The number of aromatic nitrogens is 2. The van der Waals surface area contributed by atoms with Crippen LogP contribution in [0, 0.1) is 10.6 Å². The van der Waals surface area contributed by atoms with Crippen LogP contribution in [0.2, 0.25) is 0 Å². The summed E-state index contributed by atoms with van der Waals surface area (Å²) < 4.78 is 18.6. The summed E-state index contributed by atoms with van der Waals surface area (Å²) >= 11 is 4.83. The van der Waals surface area contributed by atoms with Crippen LogP contribution in [0.15, 0.2) is 12.1 Å². The van der Waals surface area contributed by atoms with Gasteiger partial charge in [-0.25, -0.2) is 4.39 Å². The molecule has 0 aliphatic rings. The molecule has 0 saturated carbocycles. The second-order valence-electron chi connectivity index (χ2n) is 2.61. The molecule has 68 valence electrons. The Morgan fingerprint density at radius 2 is 2.15 bits per heavy atom. The van der Waals surface area contributed by atoms with Crippen molar-refractivity contribution in [2.24, 2.45) is 0 Å². The number of H-pyrrole nitrogens is 2. The molecule has 1 aromatic carbocycles. The Kier molecular flexibility index (Phi) is 1.81. The van der Waals surface area contributed by atoms with Gasteiger partial charge in [0.05, 0.1) is 12.6 Å². The van der Waals surface area contributed by atoms with E-state index in [4.69, 9.17) is 17.0 Å². The lowest BCUT2D eigenvalue weighted by molar-refractivity contribution is 0.412. The summed E-state index contributed by atoms with van der Waals surface area (Å²) in [6.07, 6.45) is 0. The van der Waals surface area contributed by atoms with Crippen LogP contribution in [0.3, 0.4) is 0 Å². The Hall–Kier alpha value is -1.36. The zero-order valence-electron chi connectivity index (χ0n) is 6.85. The normalized spacial score (nSPS) is 10.6. The van der Waals surface area contributed by atoms with E-state index in [-0.39, 0.29) is 5.82 Å². The maximum Gasteiger partial charge on any atom is 0.175 e. The molecule has 3 nitrogen and oxygen atoms in total. The van der Waals surface area contributed by atoms with Gasteiger partial charge in [0.2, 0.25) is 0 Å². The molecule has 0 unspecified atom stereocenters. The summed E-state index contributed by atoms with van der Waals surface area (Å²) in [7, 11) is 1.49. The van der Waals surface area contributed by atoms with Gasteiger partial charge in [0.15, 0.2) is 10.6 Å². The number of benzene rings is 1. The van der Waals surface area contributed by atoms with Crippen LogP contribution < -0.4 is 4.74 Å². The van der Waals surface area contributed by atoms with E-state index >= 15 is 0 Å². The van der Waals surface area contributed by atoms with Gasteiger partial charge in [-0.15, -0.1) is 0 Å². The monoisotopic (exact) mass is 198 g/mol. The van der Waals surface area contributed by atoms with Crippen molar-refractivity contribution in [1.29, 1.82) is 0 Å². The van der Waals surface area contributed by atoms with Gasteiger partial charge in [-0.05, 0) is 12.2 Å². The minimum Gasteiger partial charge on any atom is -0.497 e. The third kappa shape index (κ3) is 1.31. The van der Waals surface area contributed by atoms with Crippen LogP contribution in [0.5, 0.6) is 5.75 Å². The summed E-state index contributed by atoms with van der Waals surface area (Å²) in [5.41, 5.74) is 0.993. The first-order valence-electron chi connectivity index (χ1n) is 3.66. The van der Waals surface area contributed by atoms with Crippen LogP contribution in [0.1, 0.15) is 0 Å². The second-order valence-corrected chi connectivity index (χ2v) is 3.02. The van der Waals surface area contributed by atoms with Crippen LogP contribution in [-0.2, 0) is 0 Å². The third-order valence-electron chi connectivity index (χ3n) is 1.79. The van der Waals surface area contributed by atoms with Crippen molar-refractivity contribution < 1.29 is 9.13 Å². The van der Waals surface area contributed by atoms with E-state index in [9.17, 15) is 4.39 Å². The van der Waals surface area contributed by atoms with E-state index in [1.165, 1.54) is 13.2 Å². The lowest BCUT2D eigenvalue weighted by Gasteiger charge is -1.99. The van der Waals surface area contributed by atoms with Gasteiger partial charge in [-0.1, -0.05) is 0 Å². The van der Waals surface area contributed by atoms with Gasteiger partial charge in [-0.3, -0.25) is 0 Å². The van der Waals surface area contributed by atoms with Crippen molar-refractivity contribution in [1.82, 2.24) is 9.97 Å². The number of halogens is 1. The lowest BCUT2D eigenvalue weighted by atomic mass is 10.3. The molecule has 2 rings (SSSR count). The molecule has 0 fully saturated rings. The highest BCUT2D eigenvalue weighted by molar-refractivity contribution is 7.71. The molecular formula is C8H7FN2OS. The Bertz CT molecular complexity index is 502. The maximum atomic E-state index is 13.3. The Labute approximate surface area is 78.5 Å². The molecule has 2 aromatic rings. The first-order chi connectivity index (χ1) is 6.20. The Morgan fingerprint density at radius 1 is 1.38 bits per heavy atom. The maximum absolute atomic E-state index is 13.3. The quantitative estimate of drug-likeness (QED) is 0.691. The third-order valence-corrected chi connectivity index (χ3v) is 1.99. The standard InChI is InChI=1S/C8H7FN2OS/c1-12-4-2-5(9)7-6(3-4)10-8(13)11-7/h2-3H,1H3,(H2,10,11,13). The van der Waals surface area contributed by atoms with Crippen molar-refractivity contribution >= 4 is 23.3 Å². The highest BCUT2D eigenvalue weighted by Gasteiger charge is 2.05. The topological polar surface area (TPSA) is 40.8 Å². The summed E-state index contributed by atoms with van der Waals surface area (Å²) in [5.74, 6) is 0.0944. The van der Waals surface area contributed by atoms with Crippen molar-refractivity contribution in [3.8, 4) is 5.75 Å². The average molecular weight is 198 g/mol. The number of hydrogen-bond donors (Lipinski definition) is 2. The predicted octanol–water partition coefficient (Wildman–Crippen LogP) is 2.37. The highest BCUT2D eigenvalue weighted by Crippen LogP contribution is 2.21. The van der Waals surface area contributed by atoms with Crippen LogP contribution in [0.25, 0.3) is 11.0 Å². The van der Waals surface area contributed by atoms with Gasteiger partial charge < -0.3 is 14.7 Å². The number of methoxy groups -OCH3 is 1. The number of ether oxygens (including phenoxy) is 1. The molecule has 0 atom stereocenters. The predicted molar refractivity (Wildman–Crippen MR) is 50.0 cm³/mol. The smallest absolute Gasteiger partial charge is 0.175 e.